The van der Waals surface area contributed by atoms with Crippen molar-refractivity contribution in [2.75, 3.05) is 0 Å². The van der Waals surface area contributed by atoms with Gasteiger partial charge in [0.25, 0.3) is 0 Å². The van der Waals surface area contributed by atoms with Crippen LogP contribution in [0.25, 0.3) is 66.8 Å². The summed E-state index contributed by atoms with van der Waals surface area (Å²) in [6.07, 6.45) is 0. The van der Waals surface area contributed by atoms with Crippen LogP contribution in [-0.2, 0) is 4.57 Å². The van der Waals surface area contributed by atoms with Gasteiger partial charge in [-0.2, -0.15) is 4.57 Å². The van der Waals surface area contributed by atoms with Gasteiger partial charge in [0.15, 0.2) is 0 Å². The van der Waals surface area contributed by atoms with Gasteiger partial charge in [0.1, 0.15) is 86.2 Å². The normalized spacial score (nSPS) is 11.3. The minimum absolute atomic E-state index is 0.0729. The van der Waals surface area contributed by atoms with Gasteiger partial charge in [-0.05, 0) is 126 Å². The van der Waals surface area contributed by atoms with Crippen LogP contribution in [0, 0.1) is 0 Å². The van der Waals surface area contributed by atoms with Crippen LogP contribution in [-0.4, -0.2) is 61.3 Å². The lowest BCUT2D eigenvalue weighted by molar-refractivity contribution is 0.299. The average Bonchev–Trinajstić information content (AvgIpc) is 3.31. The van der Waals surface area contributed by atoms with Gasteiger partial charge in [-0.3, -0.25) is 0 Å². The van der Waals surface area contributed by atoms with Gasteiger partial charge in [-0.1, -0.05) is 54.6 Å². The Morgan fingerprint density at radius 1 is 0.254 bits per heavy atom. The molecule has 9 rings (SSSR count). The third kappa shape index (κ3) is 8.81. The molecule has 9 aromatic rings. The Morgan fingerprint density at radius 2 is 0.437 bits per heavy atom. The molecule has 0 heterocycles. The van der Waals surface area contributed by atoms with Crippen molar-refractivity contribution < 1.29 is 79.4 Å². The number of phosphoric acid groups is 1. The Morgan fingerprint density at radius 3 is 0.634 bits per heavy atom. The molecule has 356 valence electrons. The lowest BCUT2D eigenvalue weighted by atomic mass is 9.96. The zero-order valence-electron chi connectivity index (χ0n) is 36.5. The fourth-order valence-corrected chi connectivity index (χ4v) is 9.50. The van der Waals surface area contributed by atoms with Crippen LogP contribution in [0.4, 0.5) is 0 Å². The smallest absolute Gasteiger partial charge is 0.507 e. The largest absolute Gasteiger partial charge is 0.647 e. The highest BCUT2D eigenvalue weighted by molar-refractivity contribution is 7.49. The molecule has 0 aliphatic rings. The summed E-state index contributed by atoms with van der Waals surface area (Å²) < 4.78 is 35.0. The molecule has 0 aliphatic heterocycles. The van der Waals surface area contributed by atoms with Gasteiger partial charge in [0.05, 0.1) is 33.4 Å². The van der Waals surface area contributed by atoms with Gasteiger partial charge < -0.3 is 74.8 Å². The number of aromatic hydroxyl groups is 12. The van der Waals surface area contributed by atoms with Crippen molar-refractivity contribution >= 4 is 7.82 Å². The van der Waals surface area contributed by atoms with Crippen molar-refractivity contribution in [1.29, 1.82) is 0 Å². The number of phosphoric ester groups is 1. The van der Waals surface area contributed by atoms with E-state index in [2.05, 4.69) is 0 Å². The van der Waals surface area contributed by atoms with E-state index in [1.807, 2.05) is 0 Å². The molecular formula is C54H39O16P. The van der Waals surface area contributed by atoms with E-state index in [-0.39, 0.29) is 101 Å². The molecule has 12 N–H and O–H groups in total. The van der Waals surface area contributed by atoms with Crippen molar-refractivity contribution in [2.24, 2.45) is 0 Å². The van der Waals surface area contributed by atoms with Crippen LogP contribution in [0.15, 0.2) is 164 Å². The zero-order valence-corrected chi connectivity index (χ0v) is 37.4. The van der Waals surface area contributed by atoms with Gasteiger partial charge in [0.2, 0.25) is 0 Å². The summed E-state index contributed by atoms with van der Waals surface area (Å²) in [6, 6.07) is 35.0. The molecular weight excluding hydrogens is 936 g/mol. The summed E-state index contributed by atoms with van der Waals surface area (Å²) in [7, 11) is -5.52. The first-order chi connectivity index (χ1) is 34.0. The molecule has 0 saturated heterocycles. The Kier molecular flexibility index (Phi) is 12.0. The van der Waals surface area contributed by atoms with Gasteiger partial charge in [-0.15, -0.1) is 0 Å². The summed E-state index contributed by atoms with van der Waals surface area (Å²) in [4.78, 5) is 0. The third-order valence-corrected chi connectivity index (χ3v) is 12.6. The molecule has 0 atom stereocenters. The maximum atomic E-state index is 16.1. The summed E-state index contributed by atoms with van der Waals surface area (Å²) >= 11 is 0. The quantitative estimate of drug-likeness (QED) is 0.0507. The first kappa shape index (κ1) is 46.3. The van der Waals surface area contributed by atoms with Gasteiger partial charge >= 0.3 is 7.82 Å². The maximum Gasteiger partial charge on any atom is 0.647 e. The van der Waals surface area contributed by atoms with Crippen LogP contribution < -0.4 is 13.6 Å². The molecule has 71 heavy (non-hydrogen) atoms. The zero-order chi connectivity index (χ0) is 50.3. The molecule has 0 saturated carbocycles. The number of phenols is 12. The predicted molar refractivity (Wildman–Crippen MR) is 261 cm³/mol. The molecule has 16 nitrogen and oxygen atoms in total. The van der Waals surface area contributed by atoms with E-state index in [0.717, 1.165) is 0 Å². The minimum atomic E-state index is -5.52. The van der Waals surface area contributed by atoms with Crippen LogP contribution >= 0.6 is 7.82 Å². The molecule has 17 heteroatoms. The highest BCUT2D eigenvalue weighted by Gasteiger charge is 2.38. The van der Waals surface area contributed by atoms with Crippen LogP contribution in [0.1, 0.15) is 0 Å². The van der Waals surface area contributed by atoms with Gasteiger partial charge in [-0.25, -0.2) is 0 Å². The lowest BCUT2D eigenvalue weighted by Crippen LogP contribution is -2.10. The number of hydrogen-bond acceptors (Lipinski definition) is 16. The Hall–Kier alpha value is -9.79. The third-order valence-electron chi connectivity index (χ3n) is 11.4. The van der Waals surface area contributed by atoms with E-state index >= 15 is 4.57 Å². The lowest BCUT2D eigenvalue weighted by Gasteiger charge is -2.25. The second-order valence-corrected chi connectivity index (χ2v) is 17.3. The average molecular weight is 975 g/mol. The van der Waals surface area contributed by atoms with Gasteiger partial charge in [0, 0.05) is 16.7 Å². The molecule has 0 bridgehead atoms. The van der Waals surface area contributed by atoms with Crippen molar-refractivity contribution in [1.82, 2.24) is 0 Å². The second-order valence-electron chi connectivity index (χ2n) is 15.9. The summed E-state index contributed by atoms with van der Waals surface area (Å²) in [5, 5.41) is 133. The molecule has 9 aromatic carbocycles. The Balaban J connectivity index is 1.30. The van der Waals surface area contributed by atoms with E-state index in [9.17, 15) is 61.3 Å². The molecule has 0 radical (unpaired) electrons. The number of phenolic OH excluding ortho intramolecular Hbond substituents is 12. The minimum Gasteiger partial charge on any atom is -0.507 e. The molecule has 0 unspecified atom stereocenters. The highest BCUT2D eigenvalue weighted by Crippen LogP contribution is 2.59. The first-order valence-corrected chi connectivity index (χ1v) is 22.7. The van der Waals surface area contributed by atoms with Crippen molar-refractivity contribution in [3.05, 3.63) is 164 Å². The SMILES string of the molecule is O=P(Oc1ccc(-c2c(O)cccc2O)cc1-c1c(O)cccc1O)(Oc1ccc(-c2c(O)cccc2O)cc1-c1c(O)cccc1O)Oc1ccc(-c2c(O)cccc2O)cc1-c1c(O)cccc1O. The second kappa shape index (κ2) is 18.4. The fraction of sp³-hybridized carbons (Fsp3) is 0. The molecule has 0 aliphatic carbocycles. The molecule has 0 amide bonds. The van der Waals surface area contributed by atoms with Crippen molar-refractivity contribution in [3.8, 4) is 153 Å². The Bertz CT molecular complexity index is 3120. The molecule has 0 fully saturated rings. The number of hydrogen-bond donors (Lipinski definition) is 12. The first-order valence-electron chi connectivity index (χ1n) is 21.2. The van der Waals surface area contributed by atoms with Crippen LogP contribution in [0.3, 0.4) is 0 Å². The monoisotopic (exact) mass is 974 g/mol. The van der Waals surface area contributed by atoms with Crippen LogP contribution in [0.5, 0.6) is 86.2 Å². The van der Waals surface area contributed by atoms with E-state index in [1.165, 1.54) is 164 Å². The number of rotatable bonds is 12. The van der Waals surface area contributed by atoms with E-state index < -0.39 is 59.6 Å². The summed E-state index contributed by atoms with van der Waals surface area (Å²) in [5.74, 6) is -6.50. The van der Waals surface area contributed by atoms with Crippen molar-refractivity contribution in [2.45, 2.75) is 0 Å². The maximum absolute atomic E-state index is 16.1. The van der Waals surface area contributed by atoms with E-state index in [0.29, 0.717) is 0 Å². The highest BCUT2D eigenvalue weighted by atomic mass is 31.2. The summed E-state index contributed by atoms with van der Waals surface area (Å²) in [5.41, 5.74) is -1.36. The van der Waals surface area contributed by atoms with Crippen molar-refractivity contribution in [3.63, 3.8) is 0 Å². The molecule has 0 aromatic heterocycles. The predicted octanol–water partition coefficient (Wildman–Crippen LogP) is 11.8. The standard InChI is InChI=1S/C54H39O16P/c55-34-7-1-8-35(56)49(34)28-19-22-46(31(25-28)52-40(61)13-4-14-41(52)62)68-71(67,69-47-23-20-29(50-36(57)9-2-10-37(50)58)26-32(47)53-42(63)15-5-16-43(53)64)70-48-24-21-30(51-38(59)11-3-12-39(51)60)27-33(48)54-44(65)17-6-18-45(54)66/h1-27,55-66H. The van der Waals surface area contributed by atoms with E-state index in [4.69, 9.17) is 13.6 Å². The fourth-order valence-electron chi connectivity index (χ4n) is 8.18. The molecule has 0 spiro atoms. The Labute approximate surface area is 402 Å². The van der Waals surface area contributed by atoms with Crippen LogP contribution in [0.2, 0.25) is 0 Å². The topological polar surface area (TPSA) is 288 Å². The van der Waals surface area contributed by atoms with E-state index in [1.54, 1.807) is 0 Å². The summed E-state index contributed by atoms with van der Waals surface area (Å²) in [6.45, 7) is 0. The number of benzene rings is 9.